The lowest BCUT2D eigenvalue weighted by Gasteiger charge is -2.16. The maximum atomic E-state index is 11.3. The van der Waals surface area contributed by atoms with E-state index in [1.54, 1.807) is 14.0 Å². The van der Waals surface area contributed by atoms with Crippen LogP contribution in [0, 0.1) is 5.92 Å². The Balaban J connectivity index is 3.83. The van der Waals surface area contributed by atoms with Gasteiger partial charge in [0, 0.05) is 12.5 Å². The van der Waals surface area contributed by atoms with Gasteiger partial charge in [0.25, 0.3) is 0 Å². The predicted octanol–water partition coefficient (Wildman–Crippen LogP) is -1.69. The molecule has 0 aromatic heterocycles. The molecular weight excluding hydrogens is 172 g/mol. The van der Waals surface area contributed by atoms with E-state index in [4.69, 9.17) is 10.2 Å². The molecule has 0 radical (unpaired) electrons. The first-order chi connectivity index (χ1) is 6.15. The highest BCUT2D eigenvalue weighted by Gasteiger charge is 2.15. The Kier molecular flexibility index (Phi) is 6.48. The average Bonchev–Trinajstić information content (AvgIpc) is 2.14. The molecule has 0 aromatic carbocycles. The lowest BCUT2D eigenvalue weighted by molar-refractivity contribution is -0.125. The fourth-order valence-corrected chi connectivity index (χ4v) is 0.891. The van der Waals surface area contributed by atoms with Crippen LogP contribution in [0.25, 0.3) is 0 Å². The Morgan fingerprint density at radius 2 is 1.92 bits per heavy atom. The van der Waals surface area contributed by atoms with E-state index in [2.05, 4.69) is 10.6 Å². The average molecular weight is 190 g/mol. The van der Waals surface area contributed by atoms with Crippen LogP contribution >= 0.6 is 0 Å². The van der Waals surface area contributed by atoms with Crippen LogP contribution in [0.3, 0.4) is 0 Å². The van der Waals surface area contributed by atoms with Gasteiger partial charge in [-0.1, -0.05) is 6.92 Å². The molecule has 4 N–H and O–H groups in total. The van der Waals surface area contributed by atoms with Crippen molar-refractivity contribution in [1.82, 2.24) is 10.6 Å². The van der Waals surface area contributed by atoms with E-state index in [1.165, 1.54) is 0 Å². The second kappa shape index (κ2) is 6.82. The summed E-state index contributed by atoms with van der Waals surface area (Å²) >= 11 is 0. The van der Waals surface area contributed by atoms with Crippen molar-refractivity contribution in [3.63, 3.8) is 0 Å². The van der Waals surface area contributed by atoms with Gasteiger partial charge >= 0.3 is 0 Å². The minimum atomic E-state index is -0.549. The third kappa shape index (κ3) is 4.82. The van der Waals surface area contributed by atoms with Crippen LogP contribution in [0.1, 0.15) is 6.92 Å². The van der Waals surface area contributed by atoms with E-state index in [0.29, 0.717) is 6.54 Å². The van der Waals surface area contributed by atoms with Gasteiger partial charge in [0.1, 0.15) is 0 Å². The van der Waals surface area contributed by atoms with Crippen molar-refractivity contribution >= 4 is 5.91 Å². The minimum absolute atomic E-state index is 0.161. The molecule has 0 aliphatic rings. The molecule has 0 aliphatic carbocycles. The number of amides is 1. The molecule has 0 aliphatic heterocycles. The topological polar surface area (TPSA) is 81.6 Å². The number of hydrogen-bond donors (Lipinski definition) is 4. The fraction of sp³-hybridized carbons (Fsp3) is 0.875. The van der Waals surface area contributed by atoms with Gasteiger partial charge in [-0.2, -0.15) is 0 Å². The van der Waals surface area contributed by atoms with Crippen LogP contribution < -0.4 is 10.6 Å². The molecule has 0 rings (SSSR count). The second-order valence-electron chi connectivity index (χ2n) is 3.03. The fourth-order valence-electron chi connectivity index (χ4n) is 0.891. The van der Waals surface area contributed by atoms with Crippen molar-refractivity contribution in [2.75, 3.05) is 26.8 Å². The number of carbonyl (C=O) groups is 1. The van der Waals surface area contributed by atoms with Crippen molar-refractivity contribution in [2.45, 2.75) is 13.0 Å². The van der Waals surface area contributed by atoms with Crippen LogP contribution in [0.5, 0.6) is 0 Å². The zero-order chi connectivity index (χ0) is 10.3. The lowest BCUT2D eigenvalue weighted by atomic mass is 10.1. The van der Waals surface area contributed by atoms with Crippen LogP contribution in [-0.2, 0) is 4.79 Å². The molecule has 0 saturated carbocycles. The maximum Gasteiger partial charge on any atom is 0.224 e. The van der Waals surface area contributed by atoms with Crippen LogP contribution in [0.2, 0.25) is 0 Å². The largest absolute Gasteiger partial charge is 0.394 e. The quantitative estimate of drug-likeness (QED) is 0.403. The first-order valence-electron chi connectivity index (χ1n) is 4.32. The van der Waals surface area contributed by atoms with Gasteiger partial charge in [0.15, 0.2) is 0 Å². The van der Waals surface area contributed by atoms with Crippen molar-refractivity contribution < 1.29 is 15.0 Å². The number of rotatable bonds is 6. The molecule has 1 unspecified atom stereocenters. The van der Waals surface area contributed by atoms with E-state index in [9.17, 15) is 4.79 Å². The number of aliphatic hydroxyl groups is 2. The molecule has 0 saturated heterocycles. The van der Waals surface area contributed by atoms with Gasteiger partial charge in [-0.25, -0.2) is 0 Å². The standard InChI is InChI=1S/C8H18N2O3/c1-6(3-9-2)8(13)10-7(4-11)5-12/h6-7,9,11-12H,3-5H2,1-2H3,(H,10,13). The van der Waals surface area contributed by atoms with Crippen molar-refractivity contribution in [1.29, 1.82) is 0 Å². The molecule has 78 valence electrons. The van der Waals surface area contributed by atoms with Gasteiger partial charge in [-0.05, 0) is 7.05 Å². The Hall–Kier alpha value is -0.650. The smallest absolute Gasteiger partial charge is 0.224 e. The highest BCUT2D eigenvalue weighted by atomic mass is 16.3. The molecule has 13 heavy (non-hydrogen) atoms. The molecule has 0 aromatic rings. The maximum absolute atomic E-state index is 11.3. The molecule has 0 bridgehead atoms. The molecule has 0 fully saturated rings. The number of carbonyl (C=O) groups excluding carboxylic acids is 1. The normalized spacial score (nSPS) is 13.0. The van der Waals surface area contributed by atoms with E-state index in [-0.39, 0.29) is 25.0 Å². The molecule has 5 heteroatoms. The molecule has 0 spiro atoms. The van der Waals surface area contributed by atoms with Crippen LogP contribution in [-0.4, -0.2) is 49.0 Å². The van der Waals surface area contributed by atoms with E-state index in [0.717, 1.165) is 0 Å². The Morgan fingerprint density at radius 1 is 1.38 bits per heavy atom. The molecule has 0 heterocycles. The summed E-state index contributed by atoms with van der Waals surface area (Å²) in [4.78, 5) is 11.3. The number of nitrogens with one attached hydrogen (secondary N) is 2. The highest BCUT2D eigenvalue weighted by Crippen LogP contribution is 1.93. The lowest BCUT2D eigenvalue weighted by Crippen LogP contribution is -2.44. The summed E-state index contributed by atoms with van der Waals surface area (Å²) in [5, 5.41) is 22.8. The first kappa shape index (κ1) is 12.3. The summed E-state index contributed by atoms with van der Waals surface area (Å²) < 4.78 is 0. The van der Waals surface area contributed by atoms with Crippen molar-refractivity contribution in [2.24, 2.45) is 5.92 Å². The van der Waals surface area contributed by atoms with Gasteiger partial charge in [0.2, 0.25) is 5.91 Å². The predicted molar refractivity (Wildman–Crippen MR) is 49.2 cm³/mol. The molecule has 1 amide bonds. The molecular formula is C8H18N2O3. The van der Waals surface area contributed by atoms with Gasteiger partial charge in [-0.15, -0.1) is 0 Å². The molecule has 5 nitrogen and oxygen atoms in total. The Morgan fingerprint density at radius 3 is 2.31 bits per heavy atom. The van der Waals surface area contributed by atoms with Crippen molar-refractivity contribution in [3.05, 3.63) is 0 Å². The minimum Gasteiger partial charge on any atom is -0.394 e. The number of hydrogen-bond acceptors (Lipinski definition) is 4. The summed E-state index contributed by atoms with van der Waals surface area (Å²) in [6.07, 6.45) is 0. The molecule has 1 atom stereocenters. The highest BCUT2D eigenvalue weighted by molar-refractivity contribution is 5.78. The summed E-state index contributed by atoms with van der Waals surface area (Å²) in [6, 6.07) is -0.549. The Bertz CT molecular complexity index is 148. The van der Waals surface area contributed by atoms with E-state index in [1.807, 2.05) is 0 Å². The second-order valence-corrected chi connectivity index (χ2v) is 3.03. The SMILES string of the molecule is CNCC(C)C(=O)NC(CO)CO. The van der Waals surface area contributed by atoms with E-state index >= 15 is 0 Å². The first-order valence-corrected chi connectivity index (χ1v) is 4.32. The third-order valence-corrected chi connectivity index (χ3v) is 1.75. The van der Waals surface area contributed by atoms with Crippen LogP contribution in [0.15, 0.2) is 0 Å². The van der Waals surface area contributed by atoms with Gasteiger partial charge in [-0.3, -0.25) is 4.79 Å². The summed E-state index contributed by atoms with van der Waals surface area (Å²) in [5.74, 6) is -0.326. The summed E-state index contributed by atoms with van der Waals surface area (Å²) in [5.41, 5.74) is 0. The Labute approximate surface area is 78.1 Å². The van der Waals surface area contributed by atoms with Crippen LogP contribution in [0.4, 0.5) is 0 Å². The zero-order valence-electron chi connectivity index (χ0n) is 8.08. The van der Waals surface area contributed by atoms with Crippen molar-refractivity contribution in [3.8, 4) is 0 Å². The zero-order valence-corrected chi connectivity index (χ0v) is 8.08. The monoisotopic (exact) mass is 190 g/mol. The van der Waals surface area contributed by atoms with Gasteiger partial charge < -0.3 is 20.8 Å². The van der Waals surface area contributed by atoms with E-state index < -0.39 is 6.04 Å². The summed E-state index contributed by atoms with van der Waals surface area (Å²) in [6.45, 7) is 1.87. The number of aliphatic hydroxyl groups excluding tert-OH is 2. The third-order valence-electron chi connectivity index (χ3n) is 1.75. The summed E-state index contributed by atoms with van der Waals surface area (Å²) in [7, 11) is 1.76. The van der Waals surface area contributed by atoms with Gasteiger partial charge in [0.05, 0.1) is 19.3 Å².